The van der Waals surface area contributed by atoms with Gasteiger partial charge in [-0.05, 0) is 48.7 Å². The molecule has 0 spiro atoms. The molecule has 0 bridgehead atoms. The lowest BCUT2D eigenvalue weighted by Gasteiger charge is -2.34. The number of hydrogen-bond donors (Lipinski definition) is 2. The summed E-state index contributed by atoms with van der Waals surface area (Å²) >= 11 is 0. The fourth-order valence-electron chi connectivity index (χ4n) is 4.17. The van der Waals surface area contributed by atoms with Gasteiger partial charge in [0.2, 0.25) is 5.91 Å². The molecule has 1 aliphatic rings. The molecule has 2 aromatic carbocycles. The maximum absolute atomic E-state index is 13.4. The van der Waals surface area contributed by atoms with Crippen LogP contribution in [0.4, 0.5) is 14.5 Å². The van der Waals surface area contributed by atoms with E-state index in [9.17, 15) is 18.4 Å². The number of amides is 2. The number of nitrogens with one attached hydrogen (secondary N) is 2. The summed E-state index contributed by atoms with van der Waals surface area (Å²) in [5, 5.41) is 3.39. The second kappa shape index (κ2) is 8.49. The molecule has 2 N–H and O–H groups in total. The number of fused-ring (bicyclic) bond motifs is 1. The van der Waals surface area contributed by atoms with Gasteiger partial charge in [-0.2, -0.15) is 0 Å². The van der Waals surface area contributed by atoms with Crippen molar-refractivity contribution in [3.63, 3.8) is 0 Å². The fraction of sp³-hybridized carbons (Fsp3) is 0.333. The Morgan fingerprint density at radius 2 is 1.84 bits per heavy atom. The van der Waals surface area contributed by atoms with Gasteiger partial charge in [0.1, 0.15) is 17.3 Å². The predicted molar refractivity (Wildman–Crippen MR) is 116 cm³/mol. The van der Waals surface area contributed by atoms with E-state index < -0.39 is 17.5 Å². The molecule has 5 nitrogen and oxygen atoms in total. The van der Waals surface area contributed by atoms with Crippen LogP contribution in [0.25, 0.3) is 10.9 Å². The largest absolute Gasteiger partial charge is 0.351 e. The van der Waals surface area contributed by atoms with E-state index in [2.05, 4.69) is 10.3 Å². The Morgan fingerprint density at radius 3 is 2.55 bits per heavy atom. The highest BCUT2D eigenvalue weighted by molar-refractivity contribution is 6.06. The average Bonchev–Trinajstić information content (AvgIpc) is 3.16. The second-order valence-electron chi connectivity index (χ2n) is 8.42. The normalized spacial score (nSPS) is 16.7. The first kappa shape index (κ1) is 21.0. The van der Waals surface area contributed by atoms with Crippen molar-refractivity contribution in [2.75, 3.05) is 18.4 Å². The van der Waals surface area contributed by atoms with Crippen LogP contribution in [0.3, 0.4) is 0 Å². The molecule has 1 fully saturated rings. The van der Waals surface area contributed by atoms with Crippen molar-refractivity contribution in [2.24, 2.45) is 5.92 Å². The highest BCUT2D eigenvalue weighted by Gasteiger charge is 2.26. The molecule has 0 radical (unpaired) electrons. The summed E-state index contributed by atoms with van der Waals surface area (Å²) in [6.45, 7) is 5.33. The van der Waals surface area contributed by atoms with E-state index in [4.69, 9.17) is 0 Å². The SMILES string of the molecule is CC(C)C(=O)N1CCCC(c2ccc3[nH]c(C(=O)Nc4cc(F)cc(F)c4)cc3c2)C1. The number of hydrogen-bond acceptors (Lipinski definition) is 2. The van der Waals surface area contributed by atoms with Gasteiger partial charge in [0.15, 0.2) is 0 Å². The van der Waals surface area contributed by atoms with E-state index >= 15 is 0 Å². The van der Waals surface area contributed by atoms with Gasteiger partial charge >= 0.3 is 0 Å². The molecular formula is C24H25F2N3O2. The zero-order valence-corrected chi connectivity index (χ0v) is 17.5. The molecule has 31 heavy (non-hydrogen) atoms. The van der Waals surface area contributed by atoms with Gasteiger partial charge in [0.25, 0.3) is 5.91 Å². The Morgan fingerprint density at radius 1 is 1.10 bits per heavy atom. The standard InChI is InChI=1S/C24H25F2N3O2/c1-14(2)24(31)29-7-3-4-16(13-29)15-5-6-21-17(8-15)9-22(28-21)23(30)27-20-11-18(25)10-19(26)12-20/h5-6,8-12,14,16,28H,3-4,7,13H2,1-2H3,(H,27,30). The molecule has 1 aromatic heterocycles. The van der Waals surface area contributed by atoms with E-state index in [1.54, 1.807) is 6.07 Å². The minimum Gasteiger partial charge on any atom is -0.351 e. The predicted octanol–water partition coefficient (Wildman–Crippen LogP) is 5.06. The van der Waals surface area contributed by atoms with Gasteiger partial charge in [0, 0.05) is 47.6 Å². The summed E-state index contributed by atoms with van der Waals surface area (Å²) in [4.78, 5) is 29.9. The lowest BCUT2D eigenvalue weighted by molar-refractivity contribution is -0.135. The van der Waals surface area contributed by atoms with Gasteiger partial charge in [0.05, 0.1) is 0 Å². The number of likely N-dealkylation sites (tertiary alicyclic amines) is 1. The van der Waals surface area contributed by atoms with Crippen molar-refractivity contribution in [3.05, 3.63) is 65.4 Å². The van der Waals surface area contributed by atoms with Crippen molar-refractivity contribution >= 4 is 28.4 Å². The van der Waals surface area contributed by atoms with Crippen molar-refractivity contribution in [1.82, 2.24) is 9.88 Å². The quantitative estimate of drug-likeness (QED) is 0.614. The van der Waals surface area contributed by atoms with E-state index in [0.717, 1.165) is 54.1 Å². The Labute approximate surface area is 179 Å². The number of benzene rings is 2. The van der Waals surface area contributed by atoms with Gasteiger partial charge < -0.3 is 15.2 Å². The molecule has 0 aliphatic carbocycles. The first-order valence-electron chi connectivity index (χ1n) is 10.5. The minimum atomic E-state index is -0.755. The number of aromatic nitrogens is 1. The molecule has 1 aliphatic heterocycles. The smallest absolute Gasteiger partial charge is 0.272 e. The second-order valence-corrected chi connectivity index (χ2v) is 8.42. The number of H-pyrrole nitrogens is 1. The molecule has 1 saturated heterocycles. The molecule has 2 amide bonds. The van der Waals surface area contributed by atoms with E-state index in [1.807, 2.05) is 36.9 Å². The molecule has 1 unspecified atom stereocenters. The summed E-state index contributed by atoms with van der Waals surface area (Å²) in [6, 6.07) is 10.6. The fourth-order valence-corrected chi connectivity index (χ4v) is 4.17. The number of carbonyl (C=O) groups is 2. The number of nitrogens with zero attached hydrogens (tertiary/aromatic N) is 1. The maximum Gasteiger partial charge on any atom is 0.272 e. The van der Waals surface area contributed by atoms with Crippen molar-refractivity contribution < 1.29 is 18.4 Å². The number of anilines is 1. The van der Waals surface area contributed by atoms with Crippen molar-refractivity contribution in [1.29, 1.82) is 0 Å². The van der Waals surface area contributed by atoms with Gasteiger partial charge in [-0.15, -0.1) is 0 Å². The molecule has 2 heterocycles. The number of piperidine rings is 1. The lowest BCUT2D eigenvalue weighted by atomic mass is 9.89. The summed E-state index contributed by atoms with van der Waals surface area (Å²) in [6.07, 6.45) is 1.97. The van der Waals surface area contributed by atoms with Crippen LogP contribution in [-0.2, 0) is 4.79 Å². The number of halogens is 2. The number of rotatable bonds is 4. The molecule has 1 atom stereocenters. The van der Waals surface area contributed by atoms with Crippen LogP contribution in [0.2, 0.25) is 0 Å². The molecule has 0 saturated carbocycles. The van der Waals surface area contributed by atoms with Crippen LogP contribution in [-0.4, -0.2) is 34.8 Å². The molecule has 4 rings (SSSR count). The topological polar surface area (TPSA) is 65.2 Å². The minimum absolute atomic E-state index is 0.0152. The first-order valence-corrected chi connectivity index (χ1v) is 10.5. The number of carbonyl (C=O) groups excluding carboxylic acids is 2. The summed E-state index contributed by atoms with van der Waals surface area (Å²) in [5.41, 5.74) is 2.29. The van der Waals surface area contributed by atoms with E-state index in [0.29, 0.717) is 12.2 Å². The summed E-state index contributed by atoms with van der Waals surface area (Å²) < 4.78 is 26.7. The third-order valence-corrected chi connectivity index (χ3v) is 5.71. The molecular weight excluding hydrogens is 400 g/mol. The highest BCUT2D eigenvalue weighted by atomic mass is 19.1. The third kappa shape index (κ3) is 4.60. The maximum atomic E-state index is 13.4. The molecule has 7 heteroatoms. The van der Waals surface area contributed by atoms with Gasteiger partial charge in [-0.3, -0.25) is 9.59 Å². The zero-order valence-electron chi connectivity index (χ0n) is 17.5. The van der Waals surface area contributed by atoms with Gasteiger partial charge in [-0.25, -0.2) is 8.78 Å². The Bertz CT molecular complexity index is 1120. The average molecular weight is 425 g/mol. The first-order chi connectivity index (χ1) is 14.8. The summed E-state index contributed by atoms with van der Waals surface area (Å²) in [5.74, 6) is -1.57. The lowest BCUT2D eigenvalue weighted by Crippen LogP contribution is -2.41. The van der Waals surface area contributed by atoms with Crippen LogP contribution in [0, 0.1) is 17.6 Å². The van der Waals surface area contributed by atoms with Crippen LogP contribution in [0.5, 0.6) is 0 Å². The Hall–Kier alpha value is -3.22. The van der Waals surface area contributed by atoms with Crippen LogP contribution < -0.4 is 5.32 Å². The van der Waals surface area contributed by atoms with E-state index in [-0.39, 0.29) is 23.4 Å². The van der Waals surface area contributed by atoms with Crippen LogP contribution in [0.1, 0.15) is 48.7 Å². The van der Waals surface area contributed by atoms with Crippen LogP contribution >= 0.6 is 0 Å². The third-order valence-electron chi connectivity index (χ3n) is 5.71. The number of aromatic amines is 1. The zero-order chi connectivity index (χ0) is 22.1. The summed E-state index contributed by atoms with van der Waals surface area (Å²) in [7, 11) is 0. The Kier molecular flexibility index (Phi) is 5.76. The van der Waals surface area contributed by atoms with Crippen molar-refractivity contribution in [3.8, 4) is 0 Å². The highest BCUT2D eigenvalue weighted by Crippen LogP contribution is 2.30. The van der Waals surface area contributed by atoms with Gasteiger partial charge in [-0.1, -0.05) is 19.9 Å². The van der Waals surface area contributed by atoms with Crippen LogP contribution in [0.15, 0.2) is 42.5 Å². The Balaban J connectivity index is 1.52. The molecule has 162 valence electrons. The van der Waals surface area contributed by atoms with E-state index in [1.165, 1.54) is 0 Å². The van der Waals surface area contributed by atoms with Crippen molar-refractivity contribution in [2.45, 2.75) is 32.6 Å². The molecule has 3 aromatic rings. The monoisotopic (exact) mass is 425 g/mol.